The molecule has 2 N–H and O–H groups in total. The Morgan fingerprint density at radius 2 is 2.38 bits per heavy atom. The van der Waals surface area contributed by atoms with Gasteiger partial charge in [-0.1, -0.05) is 0 Å². The molecule has 0 saturated carbocycles. The fourth-order valence-electron chi connectivity index (χ4n) is 2.73. The number of aromatic carboxylic acids is 1. The minimum absolute atomic E-state index is 0.0208. The second-order valence-electron chi connectivity index (χ2n) is 5.69. The Balaban J connectivity index is 1.94. The second-order valence-corrected chi connectivity index (χ2v) is 5.69. The van der Waals surface area contributed by atoms with Crippen molar-refractivity contribution in [2.24, 2.45) is 5.92 Å². The highest BCUT2D eigenvalue weighted by molar-refractivity contribution is 5.93. The van der Waals surface area contributed by atoms with Crippen molar-refractivity contribution in [3.63, 3.8) is 0 Å². The molecule has 3 rings (SSSR count). The van der Waals surface area contributed by atoms with Crippen LogP contribution in [0.15, 0.2) is 18.3 Å². The Labute approximate surface area is 148 Å². The molecule has 2 unspecified atom stereocenters. The van der Waals surface area contributed by atoms with Crippen molar-refractivity contribution >= 4 is 17.5 Å². The highest BCUT2D eigenvalue weighted by Crippen LogP contribution is 2.29. The molecule has 0 spiro atoms. The lowest BCUT2D eigenvalue weighted by atomic mass is 9.97. The van der Waals surface area contributed by atoms with Gasteiger partial charge in [-0.05, 0) is 6.42 Å². The fourth-order valence-corrected chi connectivity index (χ4v) is 2.73. The van der Waals surface area contributed by atoms with Gasteiger partial charge in [0, 0.05) is 30.6 Å². The van der Waals surface area contributed by atoms with E-state index in [-0.39, 0.29) is 35.5 Å². The van der Waals surface area contributed by atoms with Crippen LogP contribution < -0.4 is 10.1 Å². The lowest BCUT2D eigenvalue weighted by Crippen LogP contribution is -2.29. The summed E-state index contributed by atoms with van der Waals surface area (Å²) >= 11 is 0. The predicted octanol–water partition coefficient (Wildman–Crippen LogP) is 1.97. The average molecular weight is 361 g/mol. The number of nitriles is 1. The van der Waals surface area contributed by atoms with Crippen molar-refractivity contribution in [1.82, 2.24) is 14.8 Å². The van der Waals surface area contributed by atoms with Gasteiger partial charge < -0.3 is 19.9 Å². The first kappa shape index (κ1) is 17.6. The molecule has 2 aromatic heterocycles. The summed E-state index contributed by atoms with van der Waals surface area (Å²) in [4.78, 5) is 15.1. The summed E-state index contributed by atoms with van der Waals surface area (Å²) in [5, 5.41) is 25.7. The van der Waals surface area contributed by atoms with Gasteiger partial charge >= 0.3 is 5.97 Å². The van der Waals surface area contributed by atoms with Crippen LogP contribution >= 0.6 is 0 Å². The lowest BCUT2D eigenvalue weighted by molar-refractivity contribution is 0.0341. The molecular weight excluding hydrogens is 345 g/mol. The smallest absolute Gasteiger partial charge is 0.341 e. The molecule has 136 valence electrons. The number of rotatable bonds is 5. The van der Waals surface area contributed by atoms with Crippen molar-refractivity contribution in [2.45, 2.75) is 12.5 Å². The summed E-state index contributed by atoms with van der Waals surface area (Å²) < 4.78 is 25.2. The number of ether oxygens (including phenoxy) is 2. The standard InChI is InChI=1S/C16H16FN5O4/c1-25-14-5-10(4-13(17)20-14)19-15-11(16(23)24)7-22(21-15)12-8-26-3-2-9(12)6-18/h4-5,7,9,12H,2-3,8H2,1H3,(H,23,24)(H,19,20,21). The van der Waals surface area contributed by atoms with E-state index in [0.717, 1.165) is 6.07 Å². The fraction of sp³-hybridized carbons (Fsp3) is 0.375. The minimum atomic E-state index is -1.20. The third kappa shape index (κ3) is 3.57. The minimum Gasteiger partial charge on any atom is -0.481 e. The zero-order valence-corrected chi connectivity index (χ0v) is 13.8. The van der Waals surface area contributed by atoms with Gasteiger partial charge in [-0.3, -0.25) is 4.68 Å². The van der Waals surface area contributed by atoms with E-state index in [9.17, 15) is 19.6 Å². The number of carboxylic acids is 1. The van der Waals surface area contributed by atoms with Crippen LogP contribution in [0.4, 0.5) is 15.9 Å². The lowest BCUT2D eigenvalue weighted by Gasteiger charge is -2.26. The van der Waals surface area contributed by atoms with E-state index in [1.54, 1.807) is 0 Å². The summed E-state index contributed by atoms with van der Waals surface area (Å²) in [5.74, 6) is -2.27. The summed E-state index contributed by atoms with van der Waals surface area (Å²) in [6.07, 6.45) is 1.88. The van der Waals surface area contributed by atoms with E-state index >= 15 is 0 Å². The molecule has 0 aromatic carbocycles. The SMILES string of the molecule is COc1cc(Nc2nn(C3COCCC3C#N)cc2C(=O)O)cc(F)n1. The van der Waals surface area contributed by atoms with Crippen LogP contribution in [0.2, 0.25) is 0 Å². The molecule has 1 saturated heterocycles. The normalized spacial score (nSPS) is 19.6. The zero-order chi connectivity index (χ0) is 18.7. The number of anilines is 2. The molecule has 1 aliphatic heterocycles. The van der Waals surface area contributed by atoms with Gasteiger partial charge in [-0.2, -0.15) is 19.7 Å². The molecule has 3 heterocycles. The van der Waals surface area contributed by atoms with Crippen LogP contribution in [-0.4, -0.2) is 46.2 Å². The number of carbonyl (C=O) groups is 1. The van der Waals surface area contributed by atoms with Gasteiger partial charge in [0.05, 0.1) is 31.7 Å². The van der Waals surface area contributed by atoms with Crippen LogP contribution in [0.5, 0.6) is 5.88 Å². The summed E-state index contributed by atoms with van der Waals surface area (Å²) in [7, 11) is 1.34. The quantitative estimate of drug-likeness (QED) is 0.775. The second kappa shape index (κ2) is 7.37. The van der Waals surface area contributed by atoms with Gasteiger partial charge in [0.15, 0.2) is 5.82 Å². The molecule has 1 fully saturated rings. The largest absolute Gasteiger partial charge is 0.481 e. The third-order valence-corrected chi connectivity index (χ3v) is 4.04. The Kier molecular flexibility index (Phi) is 4.99. The maximum atomic E-state index is 13.5. The Bertz CT molecular complexity index is 863. The van der Waals surface area contributed by atoms with Crippen molar-refractivity contribution in [3.05, 3.63) is 29.8 Å². The first-order valence-electron chi connectivity index (χ1n) is 7.80. The zero-order valence-electron chi connectivity index (χ0n) is 13.8. The summed E-state index contributed by atoms with van der Waals surface area (Å²) in [6.45, 7) is 0.735. The third-order valence-electron chi connectivity index (χ3n) is 4.04. The monoisotopic (exact) mass is 361 g/mol. The number of pyridine rings is 1. The molecule has 10 heteroatoms. The first-order valence-corrected chi connectivity index (χ1v) is 7.80. The van der Waals surface area contributed by atoms with E-state index in [1.807, 2.05) is 0 Å². The van der Waals surface area contributed by atoms with Crippen LogP contribution in [0.3, 0.4) is 0 Å². The molecular formula is C16H16FN5O4. The number of nitrogens with zero attached hydrogens (tertiary/aromatic N) is 4. The van der Waals surface area contributed by atoms with Crippen LogP contribution in [0.25, 0.3) is 0 Å². The number of hydrogen-bond donors (Lipinski definition) is 2. The molecule has 0 radical (unpaired) electrons. The van der Waals surface area contributed by atoms with Crippen molar-refractivity contribution in [2.75, 3.05) is 25.6 Å². The molecule has 0 amide bonds. The van der Waals surface area contributed by atoms with E-state index in [1.165, 1.54) is 24.1 Å². The van der Waals surface area contributed by atoms with E-state index in [4.69, 9.17) is 9.47 Å². The number of hydrogen-bond acceptors (Lipinski definition) is 7. The molecule has 2 aromatic rings. The van der Waals surface area contributed by atoms with E-state index in [0.29, 0.717) is 13.0 Å². The van der Waals surface area contributed by atoms with Crippen molar-refractivity contribution < 1.29 is 23.8 Å². The highest BCUT2D eigenvalue weighted by Gasteiger charge is 2.30. The van der Waals surface area contributed by atoms with E-state index in [2.05, 4.69) is 21.5 Å². The maximum absolute atomic E-state index is 13.5. The maximum Gasteiger partial charge on any atom is 0.341 e. The van der Waals surface area contributed by atoms with Gasteiger partial charge in [-0.25, -0.2) is 4.79 Å². The van der Waals surface area contributed by atoms with Gasteiger partial charge in [0.2, 0.25) is 11.8 Å². The molecule has 2 atom stereocenters. The molecule has 26 heavy (non-hydrogen) atoms. The summed E-state index contributed by atoms with van der Waals surface area (Å²) in [5.41, 5.74) is 0.127. The Morgan fingerprint density at radius 3 is 3.08 bits per heavy atom. The number of nitrogens with one attached hydrogen (secondary N) is 1. The highest BCUT2D eigenvalue weighted by atomic mass is 19.1. The molecule has 1 aliphatic rings. The van der Waals surface area contributed by atoms with Gasteiger partial charge in [0.1, 0.15) is 5.56 Å². The first-order chi connectivity index (χ1) is 12.5. The summed E-state index contributed by atoms with van der Waals surface area (Å²) in [6, 6.07) is 4.31. The molecule has 0 bridgehead atoms. The number of methoxy groups -OCH3 is 1. The van der Waals surface area contributed by atoms with Crippen LogP contribution in [0.1, 0.15) is 22.8 Å². The van der Waals surface area contributed by atoms with Crippen molar-refractivity contribution in [1.29, 1.82) is 5.26 Å². The number of aromatic nitrogens is 3. The van der Waals surface area contributed by atoms with Crippen LogP contribution in [0, 0.1) is 23.2 Å². The molecule has 9 nitrogen and oxygen atoms in total. The number of halogens is 1. The van der Waals surface area contributed by atoms with Gasteiger partial charge in [0.25, 0.3) is 0 Å². The number of carboxylic acid groups (broad SMARTS) is 1. The van der Waals surface area contributed by atoms with Crippen LogP contribution in [-0.2, 0) is 4.74 Å². The Morgan fingerprint density at radius 1 is 1.58 bits per heavy atom. The topological polar surface area (TPSA) is 122 Å². The Hall–Kier alpha value is -3.19. The average Bonchev–Trinajstić information content (AvgIpc) is 3.05. The van der Waals surface area contributed by atoms with Crippen molar-refractivity contribution in [3.8, 4) is 11.9 Å². The van der Waals surface area contributed by atoms with E-state index < -0.39 is 18.0 Å². The molecule has 0 aliphatic carbocycles. The van der Waals surface area contributed by atoms with Gasteiger partial charge in [-0.15, -0.1) is 0 Å². The predicted molar refractivity (Wildman–Crippen MR) is 86.8 cm³/mol.